The first-order chi connectivity index (χ1) is 19.1. The molecule has 5 nitrogen and oxygen atoms in total. The van der Waals surface area contributed by atoms with Gasteiger partial charge in [-0.2, -0.15) is 0 Å². The molecule has 0 aliphatic rings. The lowest BCUT2D eigenvalue weighted by atomic mass is 9.97. The number of aryl methyl sites for hydroxylation is 1. The van der Waals surface area contributed by atoms with Crippen molar-refractivity contribution in [3.8, 4) is 28.0 Å². The third-order valence-corrected chi connectivity index (χ3v) is 6.99. The van der Waals surface area contributed by atoms with Crippen molar-refractivity contribution >= 4 is 16.8 Å². The van der Waals surface area contributed by atoms with Gasteiger partial charge in [-0.1, -0.05) is 79.7 Å². The molecule has 1 atom stereocenters. The minimum atomic E-state index is -0.438. The summed E-state index contributed by atoms with van der Waals surface area (Å²) in [5, 5.41) is 14.4. The van der Waals surface area contributed by atoms with Crippen LogP contribution in [0.5, 0.6) is 5.75 Å². The molecule has 39 heavy (non-hydrogen) atoms. The van der Waals surface area contributed by atoms with Gasteiger partial charge in [0.15, 0.2) is 0 Å². The van der Waals surface area contributed by atoms with E-state index in [1.165, 1.54) is 0 Å². The molecule has 0 aliphatic carbocycles. The second-order valence-corrected chi connectivity index (χ2v) is 9.85. The number of para-hydroxylation sites is 1. The summed E-state index contributed by atoms with van der Waals surface area (Å²) >= 11 is 0. The highest BCUT2D eigenvalue weighted by atomic mass is 16.5. The van der Waals surface area contributed by atoms with Gasteiger partial charge < -0.3 is 19.7 Å². The van der Waals surface area contributed by atoms with Crippen LogP contribution in [0, 0.1) is 0 Å². The summed E-state index contributed by atoms with van der Waals surface area (Å²) in [5.41, 5.74) is 6.86. The van der Waals surface area contributed by atoms with Crippen molar-refractivity contribution in [2.24, 2.45) is 7.05 Å². The Morgan fingerprint density at radius 1 is 0.897 bits per heavy atom. The Morgan fingerprint density at radius 3 is 2.36 bits per heavy atom. The number of carbonyl (C=O) groups excluding carboxylic acids is 1. The van der Waals surface area contributed by atoms with Crippen LogP contribution in [0.3, 0.4) is 0 Å². The molecule has 2 N–H and O–H groups in total. The third-order valence-electron chi connectivity index (χ3n) is 6.99. The standard InChI is InChI=1S/C34H34N2O3.H2/c1-3-18-39-33-17-16-27(26-13-9-12-25(19-26)24-10-5-4-6-11-24)21-31(33)34(38)35-29(23-37)20-28-22-36(2)32-15-8-7-14-30(28)32;/h4-17,19,21-22,29,37H,3,18,20,23H2,1-2H3,(H,35,38);1H/t29-;/m1./s1. The number of nitrogens with zero attached hydrogens (tertiary/aromatic N) is 1. The number of rotatable bonds is 10. The van der Waals surface area contributed by atoms with Crippen LogP contribution in [-0.4, -0.2) is 34.8 Å². The largest absolute Gasteiger partial charge is 0.493 e. The van der Waals surface area contributed by atoms with Crippen LogP contribution in [-0.2, 0) is 13.5 Å². The normalized spacial score (nSPS) is 11.9. The van der Waals surface area contributed by atoms with Gasteiger partial charge in [-0.05, 0) is 64.9 Å². The fourth-order valence-electron chi connectivity index (χ4n) is 5.01. The molecule has 5 rings (SSSR count). The van der Waals surface area contributed by atoms with E-state index in [4.69, 9.17) is 4.74 Å². The van der Waals surface area contributed by atoms with E-state index in [0.29, 0.717) is 24.3 Å². The molecule has 0 spiro atoms. The molecule has 0 unspecified atom stereocenters. The number of carbonyl (C=O) groups is 1. The van der Waals surface area contributed by atoms with Gasteiger partial charge in [0.2, 0.25) is 0 Å². The molecular weight excluding hydrogens is 484 g/mol. The van der Waals surface area contributed by atoms with E-state index in [0.717, 1.165) is 45.1 Å². The SMILES string of the molecule is CCCOc1ccc(-c2cccc(-c3ccccc3)c2)cc1C(=O)N[C@@H](CO)Cc1cn(C)c2ccccc12.[HH]. The van der Waals surface area contributed by atoms with Gasteiger partial charge in [-0.3, -0.25) is 4.79 Å². The number of amides is 1. The molecular formula is C34H36N2O3. The lowest BCUT2D eigenvalue weighted by Gasteiger charge is -2.18. The lowest BCUT2D eigenvalue weighted by Crippen LogP contribution is -2.39. The summed E-state index contributed by atoms with van der Waals surface area (Å²) in [4.78, 5) is 13.6. The number of hydrogen-bond acceptors (Lipinski definition) is 3. The summed E-state index contributed by atoms with van der Waals surface area (Å²) in [7, 11) is 2.01. The molecule has 1 heterocycles. The molecule has 5 heteroatoms. The highest BCUT2D eigenvalue weighted by molar-refractivity contribution is 5.98. The van der Waals surface area contributed by atoms with Gasteiger partial charge in [0.25, 0.3) is 5.91 Å². The highest BCUT2D eigenvalue weighted by Gasteiger charge is 2.20. The number of hydrogen-bond donors (Lipinski definition) is 2. The van der Waals surface area contributed by atoms with Crippen LogP contribution in [0.15, 0.2) is 103 Å². The zero-order valence-electron chi connectivity index (χ0n) is 22.4. The van der Waals surface area contributed by atoms with E-state index in [1.54, 1.807) is 0 Å². The molecule has 0 saturated heterocycles. The van der Waals surface area contributed by atoms with Gasteiger partial charge in [0.05, 0.1) is 24.8 Å². The van der Waals surface area contributed by atoms with Gasteiger partial charge in [-0.25, -0.2) is 0 Å². The van der Waals surface area contributed by atoms with Crippen molar-refractivity contribution in [2.45, 2.75) is 25.8 Å². The Hall–Kier alpha value is -4.35. The maximum absolute atomic E-state index is 13.6. The minimum Gasteiger partial charge on any atom is -0.493 e. The number of aliphatic hydroxyl groups is 1. The molecule has 0 saturated carbocycles. The molecule has 1 amide bonds. The van der Waals surface area contributed by atoms with Crippen LogP contribution < -0.4 is 10.1 Å². The minimum absolute atomic E-state index is 0. The van der Waals surface area contributed by atoms with Gasteiger partial charge in [-0.15, -0.1) is 0 Å². The Labute approximate surface area is 231 Å². The second kappa shape index (κ2) is 12.0. The molecule has 0 radical (unpaired) electrons. The molecule has 0 fully saturated rings. The Morgan fingerprint density at radius 2 is 1.59 bits per heavy atom. The van der Waals surface area contributed by atoms with Gasteiger partial charge in [0.1, 0.15) is 5.75 Å². The third kappa shape index (κ3) is 5.89. The fourth-order valence-corrected chi connectivity index (χ4v) is 5.01. The first kappa shape index (κ1) is 26.3. The molecule has 0 aliphatic heterocycles. The number of nitrogens with one attached hydrogen (secondary N) is 1. The average molecular weight is 521 g/mol. The lowest BCUT2D eigenvalue weighted by molar-refractivity contribution is 0.0912. The van der Waals surface area contributed by atoms with Gasteiger partial charge in [0, 0.05) is 25.6 Å². The van der Waals surface area contributed by atoms with Crippen molar-refractivity contribution in [3.05, 3.63) is 114 Å². The molecule has 4 aromatic carbocycles. The van der Waals surface area contributed by atoms with Crippen molar-refractivity contribution in [3.63, 3.8) is 0 Å². The first-order valence-corrected chi connectivity index (χ1v) is 13.4. The Bertz CT molecular complexity index is 1580. The zero-order valence-corrected chi connectivity index (χ0v) is 22.4. The van der Waals surface area contributed by atoms with Gasteiger partial charge >= 0.3 is 0 Å². The number of benzene rings is 4. The zero-order chi connectivity index (χ0) is 27.2. The van der Waals surface area contributed by atoms with E-state index in [9.17, 15) is 9.90 Å². The van der Waals surface area contributed by atoms with Crippen LogP contribution >= 0.6 is 0 Å². The second-order valence-electron chi connectivity index (χ2n) is 9.85. The van der Waals surface area contributed by atoms with Crippen LogP contribution in [0.25, 0.3) is 33.2 Å². The summed E-state index contributed by atoms with van der Waals surface area (Å²) in [5.74, 6) is 0.278. The van der Waals surface area contributed by atoms with E-state index in [-0.39, 0.29) is 13.9 Å². The summed E-state index contributed by atoms with van der Waals surface area (Å²) in [6, 6.07) is 32.0. The monoisotopic (exact) mass is 520 g/mol. The first-order valence-electron chi connectivity index (χ1n) is 13.4. The van der Waals surface area contributed by atoms with Crippen molar-refractivity contribution in [2.75, 3.05) is 13.2 Å². The number of aliphatic hydroxyl groups excluding tert-OH is 1. The maximum atomic E-state index is 13.6. The smallest absolute Gasteiger partial charge is 0.255 e. The Balaban J connectivity index is 0.00000370. The number of aromatic nitrogens is 1. The van der Waals surface area contributed by atoms with Crippen molar-refractivity contribution in [1.82, 2.24) is 9.88 Å². The molecule has 1 aromatic heterocycles. The van der Waals surface area contributed by atoms with Crippen molar-refractivity contribution in [1.29, 1.82) is 0 Å². The average Bonchev–Trinajstić information content (AvgIpc) is 3.30. The molecule has 5 aromatic rings. The van der Waals surface area contributed by atoms with Crippen LogP contribution in [0.4, 0.5) is 0 Å². The fraction of sp³-hybridized carbons (Fsp3) is 0.206. The van der Waals surface area contributed by atoms with Crippen LogP contribution in [0.2, 0.25) is 0 Å². The molecule has 0 bridgehead atoms. The van der Waals surface area contributed by atoms with E-state index >= 15 is 0 Å². The summed E-state index contributed by atoms with van der Waals surface area (Å²) < 4.78 is 8.03. The predicted octanol–water partition coefficient (Wildman–Crippen LogP) is 6.88. The maximum Gasteiger partial charge on any atom is 0.255 e. The summed E-state index contributed by atoms with van der Waals surface area (Å²) in [6.45, 7) is 2.39. The highest BCUT2D eigenvalue weighted by Crippen LogP contribution is 2.30. The number of ether oxygens (including phenoxy) is 1. The predicted molar refractivity (Wildman–Crippen MR) is 160 cm³/mol. The van der Waals surface area contributed by atoms with E-state index in [2.05, 4.69) is 52.5 Å². The van der Waals surface area contributed by atoms with E-state index < -0.39 is 6.04 Å². The van der Waals surface area contributed by atoms with Crippen molar-refractivity contribution < 1.29 is 16.1 Å². The van der Waals surface area contributed by atoms with E-state index in [1.807, 2.05) is 74.6 Å². The molecule has 200 valence electrons. The quantitative estimate of drug-likeness (QED) is 0.211. The van der Waals surface area contributed by atoms with Crippen LogP contribution in [0.1, 0.15) is 30.7 Å². The number of fused-ring (bicyclic) bond motifs is 1. The Kier molecular flexibility index (Phi) is 8.09. The summed E-state index contributed by atoms with van der Waals surface area (Å²) in [6.07, 6.45) is 3.42. The topological polar surface area (TPSA) is 63.5 Å².